The molecule has 19 heavy (non-hydrogen) atoms. The first-order valence-corrected chi connectivity index (χ1v) is 5.50. The van der Waals surface area contributed by atoms with Crippen molar-refractivity contribution in [2.24, 2.45) is 0 Å². The first kappa shape index (κ1) is 12.7. The van der Waals surface area contributed by atoms with Crippen LogP contribution in [0.1, 0.15) is 11.1 Å². The number of nitrogen functional groups attached to an aromatic ring is 2. The van der Waals surface area contributed by atoms with E-state index in [-0.39, 0.29) is 40.8 Å². The Labute approximate surface area is 109 Å². The summed E-state index contributed by atoms with van der Waals surface area (Å²) in [5.41, 5.74) is 12.6. The minimum absolute atomic E-state index is 0.0481. The van der Waals surface area contributed by atoms with Crippen LogP contribution in [0.2, 0.25) is 0 Å². The van der Waals surface area contributed by atoms with Crippen LogP contribution in [-0.2, 0) is 6.42 Å². The average Bonchev–Trinajstić information content (AvgIpc) is 2.39. The molecule has 0 bridgehead atoms. The molecule has 0 aliphatic rings. The van der Waals surface area contributed by atoms with Crippen molar-refractivity contribution in [2.75, 3.05) is 11.5 Å². The molecule has 0 aliphatic carbocycles. The fraction of sp³-hybridized carbons (Fsp3) is 0.0769. The van der Waals surface area contributed by atoms with Crippen molar-refractivity contribution < 1.29 is 20.4 Å². The maximum atomic E-state index is 9.54. The highest BCUT2D eigenvalue weighted by Gasteiger charge is 2.13. The van der Waals surface area contributed by atoms with Crippen LogP contribution in [0.4, 0.5) is 11.4 Å². The van der Waals surface area contributed by atoms with Gasteiger partial charge in [0.1, 0.15) is 0 Å². The predicted molar refractivity (Wildman–Crippen MR) is 71.2 cm³/mol. The molecule has 2 aromatic carbocycles. The Kier molecular flexibility index (Phi) is 3.00. The zero-order chi connectivity index (χ0) is 14.2. The largest absolute Gasteiger partial charge is 0.504 e. The molecule has 0 heterocycles. The van der Waals surface area contributed by atoms with Gasteiger partial charge >= 0.3 is 0 Å². The van der Waals surface area contributed by atoms with Gasteiger partial charge in [-0.05, 0) is 23.3 Å². The van der Waals surface area contributed by atoms with Crippen LogP contribution in [0, 0.1) is 0 Å². The van der Waals surface area contributed by atoms with Crippen LogP contribution in [0.3, 0.4) is 0 Å². The Morgan fingerprint density at radius 3 is 1.42 bits per heavy atom. The normalized spacial score (nSPS) is 10.5. The van der Waals surface area contributed by atoms with Gasteiger partial charge in [0.05, 0.1) is 11.4 Å². The minimum Gasteiger partial charge on any atom is -0.504 e. The first-order valence-electron chi connectivity index (χ1n) is 5.50. The maximum Gasteiger partial charge on any atom is 0.181 e. The topological polar surface area (TPSA) is 133 Å². The Morgan fingerprint density at radius 1 is 0.684 bits per heavy atom. The molecule has 0 amide bonds. The second-order valence-electron chi connectivity index (χ2n) is 4.19. The van der Waals surface area contributed by atoms with E-state index in [9.17, 15) is 20.4 Å². The summed E-state index contributed by atoms with van der Waals surface area (Å²) in [6.07, 6.45) is 0.249. The van der Waals surface area contributed by atoms with Gasteiger partial charge in [0, 0.05) is 6.42 Å². The van der Waals surface area contributed by atoms with Gasteiger partial charge in [0.25, 0.3) is 0 Å². The smallest absolute Gasteiger partial charge is 0.181 e. The third-order valence-electron chi connectivity index (χ3n) is 2.95. The van der Waals surface area contributed by atoms with Crippen molar-refractivity contribution in [3.8, 4) is 23.0 Å². The maximum absolute atomic E-state index is 9.54. The van der Waals surface area contributed by atoms with Gasteiger partial charge in [0.2, 0.25) is 0 Å². The molecule has 0 saturated heterocycles. The van der Waals surface area contributed by atoms with Crippen molar-refractivity contribution in [3.05, 3.63) is 35.4 Å². The molecule has 2 rings (SSSR count). The van der Waals surface area contributed by atoms with Crippen molar-refractivity contribution in [3.63, 3.8) is 0 Å². The first-order chi connectivity index (χ1) is 8.91. The van der Waals surface area contributed by atoms with Crippen LogP contribution in [0.5, 0.6) is 23.0 Å². The monoisotopic (exact) mass is 262 g/mol. The molecule has 0 fully saturated rings. The Balaban J connectivity index is 2.43. The van der Waals surface area contributed by atoms with Gasteiger partial charge in [-0.2, -0.15) is 0 Å². The van der Waals surface area contributed by atoms with Crippen LogP contribution in [0.15, 0.2) is 24.3 Å². The lowest BCUT2D eigenvalue weighted by molar-refractivity contribution is 0.404. The molecule has 0 atom stereocenters. The number of anilines is 2. The Morgan fingerprint density at radius 2 is 1.05 bits per heavy atom. The average molecular weight is 262 g/mol. The number of nitrogens with two attached hydrogens (primary N) is 2. The quantitative estimate of drug-likeness (QED) is 0.356. The third-order valence-corrected chi connectivity index (χ3v) is 2.95. The summed E-state index contributed by atoms with van der Waals surface area (Å²) in [7, 11) is 0. The fourth-order valence-electron chi connectivity index (χ4n) is 1.79. The zero-order valence-electron chi connectivity index (χ0n) is 9.96. The van der Waals surface area contributed by atoms with E-state index in [2.05, 4.69) is 0 Å². The SMILES string of the molecule is Nc1c(Cc2ccc(O)c(O)c2N)ccc(O)c1O. The fourth-order valence-corrected chi connectivity index (χ4v) is 1.79. The molecule has 0 aliphatic heterocycles. The Bertz CT molecular complexity index is 586. The second-order valence-corrected chi connectivity index (χ2v) is 4.19. The summed E-state index contributed by atoms with van der Waals surface area (Å²) in [4.78, 5) is 0. The van der Waals surface area contributed by atoms with E-state index < -0.39 is 0 Å². The van der Waals surface area contributed by atoms with E-state index in [1.807, 2.05) is 0 Å². The van der Waals surface area contributed by atoms with Crippen LogP contribution >= 0.6 is 0 Å². The lowest BCUT2D eigenvalue weighted by Gasteiger charge is -2.12. The van der Waals surface area contributed by atoms with E-state index >= 15 is 0 Å². The van der Waals surface area contributed by atoms with E-state index in [0.717, 1.165) is 0 Å². The van der Waals surface area contributed by atoms with Gasteiger partial charge in [-0.25, -0.2) is 0 Å². The van der Waals surface area contributed by atoms with E-state index in [1.165, 1.54) is 12.1 Å². The molecular weight excluding hydrogens is 248 g/mol. The minimum atomic E-state index is -0.390. The van der Waals surface area contributed by atoms with E-state index in [0.29, 0.717) is 11.1 Å². The molecule has 0 radical (unpaired) electrons. The Hall–Kier alpha value is -2.76. The van der Waals surface area contributed by atoms with Gasteiger partial charge in [-0.3, -0.25) is 0 Å². The van der Waals surface area contributed by atoms with E-state index in [1.54, 1.807) is 12.1 Å². The number of rotatable bonds is 2. The molecule has 0 saturated carbocycles. The molecule has 2 aromatic rings. The molecule has 100 valence electrons. The summed E-state index contributed by atoms with van der Waals surface area (Å²) in [5, 5.41) is 37.7. The number of hydrogen-bond acceptors (Lipinski definition) is 6. The van der Waals surface area contributed by atoms with Gasteiger partial charge in [0.15, 0.2) is 23.0 Å². The van der Waals surface area contributed by atoms with Gasteiger partial charge < -0.3 is 31.9 Å². The number of hydrogen-bond donors (Lipinski definition) is 6. The summed E-state index contributed by atoms with van der Waals surface area (Å²) in [6, 6.07) is 5.73. The standard InChI is InChI=1S/C13H14N2O4/c14-10-6(1-3-8(16)12(10)18)5-7-2-4-9(17)13(19)11(7)15/h1-4,16-19H,5,14-15H2. The molecule has 8 N–H and O–H groups in total. The van der Waals surface area contributed by atoms with Crippen LogP contribution < -0.4 is 11.5 Å². The van der Waals surface area contributed by atoms with Crippen molar-refractivity contribution in [1.82, 2.24) is 0 Å². The highest BCUT2D eigenvalue weighted by molar-refractivity contribution is 5.68. The number of phenolic OH excluding ortho intramolecular Hbond substituents is 4. The number of aromatic hydroxyl groups is 4. The molecule has 0 aromatic heterocycles. The summed E-state index contributed by atoms with van der Waals surface area (Å²) in [5.74, 6) is -1.39. The molecule has 6 heteroatoms. The summed E-state index contributed by atoms with van der Waals surface area (Å²) < 4.78 is 0. The number of benzene rings is 2. The van der Waals surface area contributed by atoms with Crippen LogP contribution in [0.25, 0.3) is 0 Å². The summed E-state index contributed by atoms with van der Waals surface area (Å²) >= 11 is 0. The van der Waals surface area contributed by atoms with Gasteiger partial charge in [-0.15, -0.1) is 0 Å². The molecular formula is C13H14N2O4. The molecule has 0 unspecified atom stereocenters. The second kappa shape index (κ2) is 4.49. The molecule has 0 spiro atoms. The lowest BCUT2D eigenvalue weighted by Crippen LogP contribution is -2.00. The van der Waals surface area contributed by atoms with Crippen molar-refractivity contribution in [1.29, 1.82) is 0 Å². The number of phenols is 4. The third kappa shape index (κ3) is 2.15. The van der Waals surface area contributed by atoms with Gasteiger partial charge in [-0.1, -0.05) is 12.1 Å². The predicted octanol–water partition coefficient (Wildman–Crippen LogP) is 1.26. The van der Waals surface area contributed by atoms with Crippen molar-refractivity contribution >= 4 is 11.4 Å². The lowest BCUT2D eigenvalue weighted by atomic mass is 10.0. The van der Waals surface area contributed by atoms with E-state index in [4.69, 9.17) is 11.5 Å². The molecule has 6 nitrogen and oxygen atoms in total. The van der Waals surface area contributed by atoms with Crippen molar-refractivity contribution in [2.45, 2.75) is 6.42 Å². The zero-order valence-corrected chi connectivity index (χ0v) is 9.96. The highest BCUT2D eigenvalue weighted by atomic mass is 16.3. The van der Waals surface area contributed by atoms with Crippen LogP contribution in [-0.4, -0.2) is 20.4 Å². The summed E-state index contributed by atoms with van der Waals surface area (Å²) in [6.45, 7) is 0. The highest BCUT2D eigenvalue weighted by Crippen LogP contribution is 2.38.